The van der Waals surface area contributed by atoms with Gasteiger partial charge in [0.05, 0.1) is 5.92 Å². The summed E-state index contributed by atoms with van der Waals surface area (Å²) < 4.78 is 0. The van der Waals surface area contributed by atoms with Crippen LogP contribution in [0.3, 0.4) is 0 Å². The number of thioether (sulfide) groups is 1. The second kappa shape index (κ2) is 5.66. The number of amides is 1. The van der Waals surface area contributed by atoms with Crippen LogP contribution >= 0.6 is 23.1 Å². The maximum Gasteiger partial charge on any atom is 0.227 e. The summed E-state index contributed by atoms with van der Waals surface area (Å²) in [6.45, 7) is 5.52. The SMILES string of the molecule is Cc1nnc(N2CCC(C(=O)N3CCSCC3)C2)s1. The Morgan fingerprint density at radius 1 is 1.26 bits per heavy atom. The molecule has 2 aliphatic rings. The predicted molar refractivity (Wildman–Crippen MR) is 78.9 cm³/mol. The normalized spacial score (nSPS) is 23.9. The van der Waals surface area contributed by atoms with Gasteiger partial charge < -0.3 is 9.80 Å². The van der Waals surface area contributed by atoms with E-state index in [-0.39, 0.29) is 5.92 Å². The molecule has 7 heteroatoms. The van der Waals surface area contributed by atoms with E-state index < -0.39 is 0 Å². The Labute approximate surface area is 121 Å². The number of anilines is 1. The van der Waals surface area contributed by atoms with Crippen molar-refractivity contribution >= 4 is 34.1 Å². The molecule has 0 bridgehead atoms. The molecule has 0 spiro atoms. The molecule has 5 nitrogen and oxygen atoms in total. The van der Waals surface area contributed by atoms with Crippen LogP contribution in [0.1, 0.15) is 11.4 Å². The summed E-state index contributed by atoms with van der Waals surface area (Å²) in [5.41, 5.74) is 0. The van der Waals surface area contributed by atoms with Crippen LogP contribution in [0.25, 0.3) is 0 Å². The van der Waals surface area contributed by atoms with Crippen molar-refractivity contribution in [2.24, 2.45) is 5.92 Å². The first kappa shape index (κ1) is 13.2. The molecule has 104 valence electrons. The first-order chi connectivity index (χ1) is 9.24. The number of nitrogens with zero attached hydrogens (tertiary/aromatic N) is 4. The smallest absolute Gasteiger partial charge is 0.227 e. The van der Waals surface area contributed by atoms with Crippen LogP contribution in [0, 0.1) is 12.8 Å². The van der Waals surface area contributed by atoms with E-state index in [1.54, 1.807) is 11.3 Å². The third-order valence-corrected chi connectivity index (χ3v) is 5.49. The highest BCUT2D eigenvalue weighted by atomic mass is 32.2. The lowest BCUT2D eigenvalue weighted by Crippen LogP contribution is -2.42. The minimum Gasteiger partial charge on any atom is -0.346 e. The number of carbonyl (C=O) groups excluding carboxylic acids is 1. The molecular formula is C12H18N4OS2. The highest BCUT2D eigenvalue weighted by Crippen LogP contribution is 2.27. The van der Waals surface area contributed by atoms with Crippen LogP contribution in [0.15, 0.2) is 0 Å². The average molecular weight is 298 g/mol. The average Bonchev–Trinajstić information content (AvgIpc) is 3.07. The summed E-state index contributed by atoms with van der Waals surface area (Å²) >= 11 is 3.55. The van der Waals surface area contributed by atoms with Crippen LogP contribution in [-0.4, -0.2) is 58.7 Å². The monoisotopic (exact) mass is 298 g/mol. The molecule has 0 aromatic carbocycles. The molecule has 19 heavy (non-hydrogen) atoms. The minimum atomic E-state index is 0.146. The fourth-order valence-corrected chi connectivity index (χ4v) is 4.22. The van der Waals surface area contributed by atoms with Gasteiger partial charge in [0.25, 0.3) is 0 Å². The summed E-state index contributed by atoms with van der Waals surface area (Å²) in [5.74, 6) is 2.64. The predicted octanol–water partition coefficient (Wildman–Crippen LogP) is 1.25. The van der Waals surface area contributed by atoms with Crippen LogP contribution < -0.4 is 4.90 Å². The molecule has 3 heterocycles. The van der Waals surface area contributed by atoms with Gasteiger partial charge in [0, 0.05) is 37.7 Å². The molecule has 0 saturated carbocycles. The number of aryl methyl sites for hydroxylation is 1. The van der Waals surface area contributed by atoms with Crippen LogP contribution in [0.4, 0.5) is 5.13 Å². The first-order valence-electron chi connectivity index (χ1n) is 6.65. The highest BCUT2D eigenvalue weighted by molar-refractivity contribution is 7.99. The lowest BCUT2D eigenvalue weighted by atomic mass is 10.1. The number of carbonyl (C=O) groups is 1. The molecule has 1 amide bonds. The number of hydrogen-bond donors (Lipinski definition) is 0. The fourth-order valence-electron chi connectivity index (χ4n) is 2.59. The fraction of sp³-hybridized carbons (Fsp3) is 0.750. The maximum absolute atomic E-state index is 12.4. The Hall–Kier alpha value is -0.820. The van der Waals surface area contributed by atoms with Crippen molar-refractivity contribution in [3.05, 3.63) is 5.01 Å². The van der Waals surface area contributed by atoms with E-state index in [1.807, 2.05) is 23.6 Å². The highest BCUT2D eigenvalue weighted by Gasteiger charge is 2.33. The second-order valence-corrected chi connectivity index (χ2v) is 7.36. The molecule has 1 atom stereocenters. The van der Waals surface area contributed by atoms with Crippen molar-refractivity contribution in [2.45, 2.75) is 13.3 Å². The van der Waals surface area contributed by atoms with Gasteiger partial charge in [0.2, 0.25) is 11.0 Å². The summed E-state index contributed by atoms with van der Waals surface area (Å²) in [7, 11) is 0. The topological polar surface area (TPSA) is 49.3 Å². The molecule has 0 radical (unpaired) electrons. The molecule has 3 rings (SSSR count). The van der Waals surface area contributed by atoms with E-state index in [1.165, 1.54) is 0 Å². The zero-order chi connectivity index (χ0) is 13.2. The van der Waals surface area contributed by atoms with Crippen LogP contribution in [0.2, 0.25) is 0 Å². The van der Waals surface area contributed by atoms with Gasteiger partial charge in [-0.25, -0.2) is 0 Å². The van der Waals surface area contributed by atoms with Crippen molar-refractivity contribution in [3.8, 4) is 0 Å². The van der Waals surface area contributed by atoms with E-state index in [2.05, 4.69) is 15.1 Å². The molecule has 1 aromatic heterocycles. The van der Waals surface area contributed by atoms with E-state index >= 15 is 0 Å². The molecule has 1 aromatic rings. The van der Waals surface area contributed by atoms with Crippen molar-refractivity contribution in [2.75, 3.05) is 42.6 Å². The Morgan fingerprint density at radius 2 is 2.05 bits per heavy atom. The van der Waals surface area contributed by atoms with E-state index in [0.29, 0.717) is 5.91 Å². The van der Waals surface area contributed by atoms with Gasteiger partial charge in [-0.2, -0.15) is 11.8 Å². The quantitative estimate of drug-likeness (QED) is 0.822. The Bertz CT molecular complexity index is 458. The molecule has 2 saturated heterocycles. The number of rotatable bonds is 2. The number of aromatic nitrogens is 2. The molecule has 2 aliphatic heterocycles. The van der Waals surface area contributed by atoms with Crippen molar-refractivity contribution in [1.82, 2.24) is 15.1 Å². The van der Waals surface area contributed by atoms with Gasteiger partial charge in [-0.3, -0.25) is 4.79 Å². The van der Waals surface area contributed by atoms with Crippen LogP contribution in [0.5, 0.6) is 0 Å². The van der Waals surface area contributed by atoms with E-state index in [9.17, 15) is 4.79 Å². The third kappa shape index (κ3) is 2.86. The summed E-state index contributed by atoms with van der Waals surface area (Å²) in [4.78, 5) is 16.7. The number of hydrogen-bond acceptors (Lipinski definition) is 6. The first-order valence-corrected chi connectivity index (χ1v) is 8.63. The Morgan fingerprint density at radius 3 is 2.74 bits per heavy atom. The minimum absolute atomic E-state index is 0.146. The van der Waals surface area contributed by atoms with Crippen LogP contribution in [-0.2, 0) is 4.79 Å². The summed E-state index contributed by atoms with van der Waals surface area (Å²) in [6, 6.07) is 0. The van der Waals surface area contributed by atoms with Gasteiger partial charge >= 0.3 is 0 Å². The second-order valence-electron chi connectivity index (χ2n) is 4.97. The lowest BCUT2D eigenvalue weighted by molar-refractivity contribution is -0.134. The molecule has 2 fully saturated rings. The molecule has 0 aliphatic carbocycles. The summed E-state index contributed by atoms with van der Waals surface area (Å²) in [6.07, 6.45) is 0.946. The van der Waals surface area contributed by atoms with Gasteiger partial charge in [-0.05, 0) is 13.3 Å². The van der Waals surface area contributed by atoms with Gasteiger partial charge in [0.1, 0.15) is 5.01 Å². The van der Waals surface area contributed by atoms with Gasteiger partial charge in [0.15, 0.2) is 0 Å². The standard InChI is InChI=1S/C12H18N4OS2/c1-9-13-14-12(19-9)16-3-2-10(8-16)11(17)15-4-6-18-7-5-15/h10H,2-8H2,1H3. The molecule has 1 unspecified atom stereocenters. The van der Waals surface area contributed by atoms with E-state index in [0.717, 1.165) is 54.2 Å². The van der Waals surface area contributed by atoms with E-state index in [4.69, 9.17) is 0 Å². The van der Waals surface area contributed by atoms with Crippen molar-refractivity contribution in [1.29, 1.82) is 0 Å². The molecular weight excluding hydrogens is 280 g/mol. The van der Waals surface area contributed by atoms with Gasteiger partial charge in [-0.1, -0.05) is 11.3 Å². The lowest BCUT2D eigenvalue weighted by Gasteiger charge is -2.28. The Balaban J connectivity index is 1.60. The Kier molecular flexibility index (Phi) is 3.93. The third-order valence-electron chi connectivity index (χ3n) is 3.65. The zero-order valence-electron chi connectivity index (χ0n) is 11.0. The maximum atomic E-state index is 12.4. The van der Waals surface area contributed by atoms with Gasteiger partial charge in [-0.15, -0.1) is 10.2 Å². The molecule has 0 N–H and O–H groups in total. The van der Waals surface area contributed by atoms with Crippen molar-refractivity contribution < 1.29 is 4.79 Å². The largest absolute Gasteiger partial charge is 0.346 e. The summed E-state index contributed by atoms with van der Waals surface area (Å²) in [5, 5.41) is 10.2. The zero-order valence-corrected chi connectivity index (χ0v) is 12.7. The van der Waals surface area contributed by atoms with Crippen molar-refractivity contribution in [3.63, 3.8) is 0 Å².